The zero-order chi connectivity index (χ0) is 53.3. The number of rotatable bonds is 39. The van der Waals surface area contributed by atoms with Gasteiger partial charge in [0.15, 0.2) is 6.10 Å². The maximum Gasteiger partial charge on any atom is 0.472 e. The Morgan fingerprint density at radius 2 is 1.00 bits per heavy atom. The van der Waals surface area contributed by atoms with Crippen LogP contribution in [0.15, 0.2) is 134 Å². The molecule has 0 aliphatic heterocycles. The minimum Gasteiger partial charge on any atom is -0.462 e. The molecule has 17 nitrogen and oxygen atoms in total. The van der Waals surface area contributed by atoms with Crippen LogP contribution in [0.2, 0.25) is 0 Å². The topological polar surface area (TPSA) is 276 Å². The summed E-state index contributed by atoms with van der Waals surface area (Å²) in [5, 5.41) is 51.3. The van der Waals surface area contributed by atoms with E-state index < -0.39 is 89.6 Å². The van der Waals surface area contributed by atoms with E-state index in [2.05, 4.69) is 67.0 Å². The number of hydrogen-bond acceptors (Lipinski definition) is 14. The molecule has 0 heterocycles. The second-order valence-electron chi connectivity index (χ2n) is 16.6. The fourth-order valence-corrected chi connectivity index (χ4v) is 8.01. The Hall–Kier alpha value is -3.90. The largest absolute Gasteiger partial charge is 0.472 e. The summed E-state index contributed by atoms with van der Waals surface area (Å²) in [7, 11) is -10.8. The lowest BCUT2D eigenvalue weighted by molar-refractivity contribution is -0.216. The van der Waals surface area contributed by atoms with Crippen molar-refractivity contribution in [2.75, 3.05) is 13.2 Å². The Morgan fingerprint density at radius 1 is 0.528 bits per heavy atom. The maximum atomic E-state index is 13.0. The van der Waals surface area contributed by atoms with Gasteiger partial charge in [0, 0.05) is 12.8 Å². The number of aliphatic hydroxyl groups excluding tert-OH is 5. The number of ether oxygens (including phenoxy) is 2. The van der Waals surface area contributed by atoms with Gasteiger partial charge in [0.1, 0.15) is 43.2 Å². The van der Waals surface area contributed by atoms with Gasteiger partial charge in [0.2, 0.25) is 0 Å². The molecular weight excluding hydrogens is 971 g/mol. The number of carbonyl (C=O) groups excluding carboxylic acids is 2. The summed E-state index contributed by atoms with van der Waals surface area (Å²) in [5.41, 5.74) is 0. The molecule has 19 heteroatoms. The molecule has 0 bridgehead atoms. The quantitative estimate of drug-likeness (QED) is 0.00937. The van der Waals surface area contributed by atoms with Crippen molar-refractivity contribution in [3.05, 3.63) is 134 Å². The fraction of sp³-hybridized carbons (Fsp3) is 0.547. The SMILES string of the molecule is CC/C=C\C/C=C\CC(O)/C=C/C=C\C/C=C\C/C=C\CCC(=O)O[C@H](COC(=O)CC/C=C\C/C=C\C/C=C\C/C=C\C/C=C\CCCCC)COP(=O)(O)O[C@H]1C(O)C(O)C(O)[C@@H](OP(=O)(O)O)C1O. The van der Waals surface area contributed by atoms with Crippen molar-refractivity contribution in [3.8, 4) is 0 Å². The summed E-state index contributed by atoms with van der Waals surface area (Å²) in [4.78, 5) is 54.3. The van der Waals surface area contributed by atoms with Gasteiger partial charge in [-0.25, -0.2) is 9.13 Å². The summed E-state index contributed by atoms with van der Waals surface area (Å²) < 4.78 is 49.2. The normalized spacial score (nSPS) is 22.3. The molecule has 8 N–H and O–H groups in total. The Balaban J connectivity index is 2.71. The first-order chi connectivity index (χ1) is 34.5. The van der Waals surface area contributed by atoms with Gasteiger partial charge in [-0.2, -0.15) is 0 Å². The summed E-state index contributed by atoms with van der Waals surface area (Å²) >= 11 is 0. The molecule has 1 fully saturated rings. The minimum atomic E-state index is -5.39. The lowest BCUT2D eigenvalue weighted by Crippen LogP contribution is -2.64. The van der Waals surface area contributed by atoms with Crippen molar-refractivity contribution in [2.24, 2.45) is 0 Å². The Labute approximate surface area is 426 Å². The molecule has 72 heavy (non-hydrogen) atoms. The molecule has 1 saturated carbocycles. The van der Waals surface area contributed by atoms with Crippen molar-refractivity contribution < 1.29 is 82.0 Å². The Bertz CT molecular complexity index is 1910. The second-order valence-corrected chi connectivity index (χ2v) is 19.2. The standard InChI is InChI=1S/C53H82O17P2/c1-3-5-7-9-11-12-13-14-15-16-17-18-19-20-21-25-28-32-36-40-46(55)66-42-45(43-67-72(64,65)70-53-50(59)48(57)49(58)52(51(53)60)69-71(61,62)63)68-47(56)41-37-33-29-26-23-22-24-27-31-35-39-44(54)38-34-30-10-8-6-4-2/h6,8,11-12,14-15,17-18,20-23,27-35,39,44-45,48-54,57-60H,3-5,7,9-10,13,16,19,24-26,36-38,40-43H2,1-2H3,(H,64,65)(H2,61,62,63)/b8-6-,12-11-,15-14-,18-17-,21-20-,23-22-,31-27-,32-28-,33-29-,34-30-,39-35+/t44?,45-,48?,49?,50?,51?,52-,53+/m1/s1. The number of allylic oxidation sites excluding steroid dienone is 20. The average molecular weight is 1050 g/mol. The van der Waals surface area contributed by atoms with Gasteiger partial charge in [-0.3, -0.25) is 23.2 Å². The van der Waals surface area contributed by atoms with Gasteiger partial charge < -0.3 is 49.7 Å². The number of phosphoric ester groups is 2. The first kappa shape index (κ1) is 66.1. The lowest BCUT2D eigenvalue weighted by Gasteiger charge is -2.43. The molecule has 0 spiro atoms. The predicted octanol–water partition coefficient (Wildman–Crippen LogP) is 9.03. The lowest BCUT2D eigenvalue weighted by atomic mass is 9.85. The zero-order valence-corrected chi connectivity index (χ0v) is 43.7. The Morgan fingerprint density at radius 3 is 1.53 bits per heavy atom. The highest BCUT2D eigenvalue weighted by atomic mass is 31.2. The molecule has 406 valence electrons. The van der Waals surface area contributed by atoms with Gasteiger partial charge >= 0.3 is 27.6 Å². The molecule has 0 aromatic rings. The first-order valence-electron chi connectivity index (χ1n) is 24.8. The minimum absolute atomic E-state index is 0.0374. The highest BCUT2D eigenvalue weighted by molar-refractivity contribution is 7.47. The molecule has 1 aliphatic carbocycles. The van der Waals surface area contributed by atoms with Crippen molar-refractivity contribution in [1.82, 2.24) is 0 Å². The second kappa shape index (κ2) is 41.5. The van der Waals surface area contributed by atoms with Crippen molar-refractivity contribution in [2.45, 2.75) is 172 Å². The van der Waals surface area contributed by atoms with Gasteiger partial charge in [0.25, 0.3) is 0 Å². The van der Waals surface area contributed by atoms with E-state index in [9.17, 15) is 58.9 Å². The molecule has 0 aromatic heterocycles. The van der Waals surface area contributed by atoms with Crippen LogP contribution < -0.4 is 0 Å². The van der Waals surface area contributed by atoms with Crippen LogP contribution in [0, 0.1) is 0 Å². The predicted molar refractivity (Wildman–Crippen MR) is 279 cm³/mol. The van der Waals surface area contributed by atoms with Crippen molar-refractivity contribution >= 4 is 27.6 Å². The third-order valence-corrected chi connectivity index (χ3v) is 11.8. The number of aliphatic hydroxyl groups is 5. The van der Waals surface area contributed by atoms with Gasteiger partial charge in [-0.15, -0.1) is 0 Å². The van der Waals surface area contributed by atoms with Gasteiger partial charge in [0.05, 0.1) is 12.7 Å². The van der Waals surface area contributed by atoms with E-state index in [4.69, 9.17) is 18.5 Å². The summed E-state index contributed by atoms with van der Waals surface area (Å²) in [6.07, 6.45) is 40.2. The van der Waals surface area contributed by atoms with Crippen molar-refractivity contribution in [3.63, 3.8) is 0 Å². The molecule has 0 radical (unpaired) electrons. The fourth-order valence-electron chi connectivity index (χ4n) is 6.47. The highest BCUT2D eigenvalue weighted by Crippen LogP contribution is 2.49. The van der Waals surface area contributed by atoms with E-state index in [0.29, 0.717) is 32.1 Å². The number of carbonyl (C=O) groups is 2. The van der Waals surface area contributed by atoms with E-state index in [0.717, 1.165) is 38.5 Å². The third-order valence-electron chi connectivity index (χ3n) is 10.3. The summed E-state index contributed by atoms with van der Waals surface area (Å²) in [6, 6.07) is 0. The highest BCUT2D eigenvalue weighted by Gasteiger charge is 2.54. The molecule has 1 aliphatic rings. The van der Waals surface area contributed by atoms with Gasteiger partial charge in [-0.1, -0.05) is 160 Å². The van der Waals surface area contributed by atoms with Crippen LogP contribution in [0.5, 0.6) is 0 Å². The maximum absolute atomic E-state index is 13.0. The van der Waals surface area contributed by atoms with E-state index in [-0.39, 0.29) is 19.3 Å². The van der Waals surface area contributed by atoms with Crippen LogP contribution in [0.1, 0.15) is 123 Å². The zero-order valence-electron chi connectivity index (χ0n) is 41.9. The van der Waals surface area contributed by atoms with E-state index in [1.165, 1.54) is 19.3 Å². The molecule has 0 saturated heterocycles. The van der Waals surface area contributed by atoms with Crippen LogP contribution in [0.25, 0.3) is 0 Å². The van der Waals surface area contributed by atoms with Crippen LogP contribution in [0.3, 0.4) is 0 Å². The van der Waals surface area contributed by atoms with Crippen LogP contribution >= 0.6 is 15.6 Å². The number of unbranched alkanes of at least 4 members (excludes halogenated alkanes) is 3. The molecule has 6 unspecified atom stereocenters. The molecular formula is C53H82O17P2. The van der Waals surface area contributed by atoms with Crippen LogP contribution in [-0.4, -0.2) is 114 Å². The molecule has 9 atom stereocenters. The van der Waals surface area contributed by atoms with E-state index >= 15 is 0 Å². The number of phosphoric acid groups is 2. The van der Waals surface area contributed by atoms with E-state index in [1.807, 2.05) is 66.8 Å². The smallest absolute Gasteiger partial charge is 0.462 e. The summed E-state index contributed by atoms with van der Waals surface area (Å²) in [6.45, 7) is 2.77. The molecule has 0 amide bonds. The average Bonchev–Trinajstić information content (AvgIpc) is 3.33. The van der Waals surface area contributed by atoms with Crippen molar-refractivity contribution in [1.29, 1.82) is 0 Å². The number of hydrogen-bond donors (Lipinski definition) is 8. The molecule has 1 rings (SSSR count). The van der Waals surface area contributed by atoms with Crippen LogP contribution in [0.4, 0.5) is 0 Å². The number of esters is 2. The third kappa shape index (κ3) is 35.3. The van der Waals surface area contributed by atoms with Crippen LogP contribution in [-0.2, 0) is 41.8 Å². The summed E-state index contributed by atoms with van der Waals surface area (Å²) in [5.74, 6) is -1.44. The first-order valence-corrected chi connectivity index (χ1v) is 27.9. The Kier molecular flexibility index (Phi) is 38.1. The molecule has 0 aromatic carbocycles. The van der Waals surface area contributed by atoms with Gasteiger partial charge in [-0.05, 0) is 83.5 Å². The van der Waals surface area contributed by atoms with E-state index in [1.54, 1.807) is 18.2 Å². The monoisotopic (exact) mass is 1050 g/mol.